The molecule has 0 saturated heterocycles. The molecular formula is H2F12Mn2OP2+6. The third-order valence-corrected chi connectivity index (χ3v) is 0. The van der Waals surface area contributed by atoms with Crippen molar-refractivity contribution in [3.05, 3.63) is 0 Å². The molecule has 17 heteroatoms. The molecule has 1 nitrogen and oxygen atoms in total. The predicted octanol–water partition coefficient (Wildman–Crippen LogP) is 5.94. The summed E-state index contributed by atoms with van der Waals surface area (Å²) in [4.78, 5) is 0. The number of hydrogen-bond acceptors (Lipinski definition) is 0. The van der Waals surface area contributed by atoms with Crippen LogP contribution in [0.3, 0.4) is 0 Å². The molecule has 0 bridgehead atoms. The molecule has 0 saturated carbocycles. The summed E-state index contributed by atoms with van der Waals surface area (Å²) in [6.07, 6.45) is 0. The van der Waals surface area contributed by atoms with Crippen molar-refractivity contribution in [1.82, 2.24) is 0 Å². The molecule has 2 N–H and O–H groups in total. The molecule has 0 aromatic carbocycles. The van der Waals surface area contributed by atoms with Crippen LogP contribution in [0.5, 0.6) is 0 Å². The maximum atomic E-state index is 9.87. The van der Waals surface area contributed by atoms with Crippen molar-refractivity contribution in [3.63, 3.8) is 0 Å². The van der Waals surface area contributed by atoms with Crippen LogP contribution in [-0.4, -0.2) is 5.48 Å². The third-order valence-electron chi connectivity index (χ3n) is 0. The monoisotopic (exact) mass is 418 g/mol. The van der Waals surface area contributed by atoms with Gasteiger partial charge in [-0.15, -0.1) is 0 Å². The van der Waals surface area contributed by atoms with E-state index < -0.39 is 15.6 Å². The summed E-state index contributed by atoms with van der Waals surface area (Å²) in [6.45, 7) is 0. The summed E-state index contributed by atoms with van der Waals surface area (Å²) < 4.78 is 118. The summed E-state index contributed by atoms with van der Waals surface area (Å²) in [5.74, 6) is 0. The van der Waals surface area contributed by atoms with Crippen LogP contribution in [0.2, 0.25) is 0 Å². The first kappa shape index (κ1) is 30.8. The van der Waals surface area contributed by atoms with Gasteiger partial charge in [-0.05, 0) is 0 Å². The predicted molar refractivity (Wildman–Crippen MR) is 30.7 cm³/mol. The van der Waals surface area contributed by atoms with E-state index in [2.05, 4.69) is 0 Å². The van der Waals surface area contributed by atoms with E-state index in [1.54, 1.807) is 0 Å². The smallest absolute Gasteiger partial charge is 0.412 e. The van der Waals surface area contributed by atoms with E-state index in [9.17, 15) is 50.4 Å². The van der Waals surface area contributed by atoms with E-state index in [0.717, 1.165) is 0 Å². The van der Waals surface area contributed by atoms with Gasteiger partial charge in [-0.3, -0.25) is 0 Å². The second-order valence-corrected chi connectivity index (χ2v) is 5.75. The first-order valence-electron chi connectivity index (χ1n) is 2.03. The minimum absolute atomic E-state index is 0. The Morgan fingerprint density at radius 3 is 0.353 bits per heavy atom. The molecule has 0 aromatic rings. The van der Waals surface area contributed by atoms with Crippen LogP contribution in [0.4, 0.5) is 50.4 Å². The van der Waals surface area contributed by atoms with Gasteiger partial charge in [0.15, 0.2) is 0 Å². The molecule has 0 aliphatic carbocycles. The Bertz CT molecular complexity index is 170. The van der Waals surface area contributed by atoms with Gasteiger partial charge in [0, 0.05) is 0 Å². The summed E-state index contributed by atoms with van der Waals surface area (Å²) >= 11 is 0. The van der Waals surface area contributed by atoms with Crippen LogP contribution < -0.4 is 0 Å². The number of rotatable bonds is 0. The fourth-order valence-corrected chi connectivity index (χ4v) is 0. The van der Waals surface area contributed by atoms with Gasteiger partial charge in [0.2, 0.25) is 0 Å². The second-order valence-electron chi connectivity index (χ2n) is 1.92. The molecule has 0 spiro atoms. The minimum Gasteiger partial charge on any atom is -0.412 e. The fraction of sp³-hybridized carbons (Fsp3) is 0. The molecule has 0 rings (SSSR count). The third kappa shape index (κ3) is 3700. The zero-order valence-electron chi connectivity index (χ0n) is 6.69. The Hall–Kier alpha value is 1.02. The van der Waals surface area contributed by atoms with Gasteiger partial charge in [-0.2, -0.15) is 0 Å². The van der Waals surface area contributed by atoms with E-state index in [1.165, 1.54) is 0 Å². The summed E-state index contributed by atoms with van der Waals surface area (Å²) in [5, 5.41) is 0. The maximum absolute atomic E-state index is 10.7. The van der Waals surface area contributed by atoms with Gasteiger partial charge in [0.25, 0.3) is 0 Å². The van der Waals surface area contributed by atoms with Crippen molar-refractivity contribution in [3.8, 4) is 0 Å². The molecule has 0 aliphatic rings. The number of halogens is 12. The average Bonchev–Trinajstić information content (AvgIpc) is 0.938. The van der Waals surface area contributed by atoms with Crippen LogP contribution in [0.15, 0.2) is 0 Å². The molecule has 0 fully saturated rings. The van der Waals surface area contributed by atoms with Crippen molar-refractivity contribution in [1.29, 1.82) is 0 Å². The Balaban J connectivity index is -0.0000000480. The van der Waals surface area contributed by atoms with Crippen LogP contribution in [0, 0.1) is 0 Å². The van der Waals surface area contributed by atoms with Crippen molar-refractivity contribution in [2.75, 3.05) is 0 Å². The largest absolute Gasteiger partial charge is 4.00 e. The Kier molecular flexibility index (Phi) is 8.22. The van der Waals surface area contributed by atoms with Crippen LogP contribution in [0.1, 0.15) is 0 Å². The SMILES string of the molecule is F[P-](F)(F)(F)(F)F.F[P-](F)(F)(F)(F)F.O.[Mn+4].[Mn+4]. The van der Waals surface area contributed by atoms with Crippen LogP contribution in [0.25, 0.3) is 0 Å². The average molecular weight is 418 g/mol. The van der Waals surface area contributed by atoms with Crippen LogP contribution in [-0.2, 0) is 34.1 Å². The first-order chi connectivity index (χ1) is 4.90. The molecular weight excluding hydrogens is 416 g/mol. The molecule has 0 amide bonds. The van der Waals surface area contributed by atoms with Gasteiger partial charge in [0.1, 0.15) is 0 Å². The molecule has 0 aliphatic heterocycles. The van der Waals surface area contributed by atoms with Gasteiger partial charge in [0.05, 0.1) is 0 Å². The Labute approximate surface area is 106 Å². The quantitative estimate of drug-likeness (QED) is 0.265. The molecule has 0 unspecified atom stereocenters. The van der Waals surface area contributed by atoms with E-state index in [-0.39, 0.29) is 39.6 Å². The topological polar surface area (TPSA) is 31.5 Å². The number of hydrogen-bond donors (Lipinski definition) is 0. The van der Waals surface area contributed by atoms with Crippen molar-refractivity contribution < 1.29 is 90.0 Å². The molecule has 110 valence electrons. The summed E-state index contributed by atoms with van der Waals surface area (Å²) in [6, 6.07) is 0. The van der Waals surface area contributed by atoms with Crippen molar-refractivity contribution >= 4 is 15.6 Å². The minimum atomic E-state index is -10.7. The molecule has 2 radical (unpaired) electrons. The Morgan fingerprint density at radius 2 is 0.353 bits per heavy atom. The van der Waals surface area contributed by atoms with Crippen molar-refractivity contribution in [2.24, 2.45) is 0 Å². The zero-order valence-corrected chi connectivity index (χ0v) is 10.8. The van der Waals surface area contributed by atoms with Gasteiger partial charge in [-0.25, -0.2) is 0 Å². The molecule has 0 atom stereocenters. The first-order valence-corrected chi connectivity index (χ1v) is 6.09. The molecule has 0 heterocycles. The van der Waals surface area contributed by atoms with Crippen LogP contribution >= 0.6 is 15.6 Å². The zero-order chi connectivity index (χ0) is 12.8. The fourth-order valence-electron chi connectivity index (χ4n) is 0. The summed E-state index contributed by atoms with van der Waals surface area (Å²) in [7, 11) is -21.3. The Morgan fingerprint density at radius 1 is 0.353 bits per heavy atom. The van der Waals surface area contributed by atoms with Gasteiger partial charge < -0.3 is 5.48 Å². The molecule has 0 aromatic heterocycles. The van der Waals surface area contributed by atoms with Crippen molar-refractivity contribution in [2.45, 2.75) is 0 Å². The second kappa shape index (κ2) is 4.54. The van der Waals surface area contributed by atoms with E-state index >= 15 is 0 Å². The maximum Gasteiger partial charge on any atom is 4.00 e. The van der Waals surface area contributed by atoms with Gasteiger partial charge in [-0.1, -0.05) is 0 Å². The normalized spacial score (nSPS) is 19.1. The standard InChI is InChI=1S/2F6P.2Mn.H2O/c2*1-7(2,3,4,5)6;;;/h;;;;1H2/q2*-1;2*+4;. The van der Waals surface area contributed by atoms with E-state index in [0.29, 0.717) is 0 Å². The van der Waals surface area contributed by atoms with Gasteiger partial charge >= 0.3 is 100 Å². The summed E-state index contributed by atoms with van der Waals surface area (Å²) in [5.41, 5.74) is 0. The molecule has 17 heavy (non-hydrogen) atoms. The van der Waals surface area contributed by atoms with E-state index in [1.807, 2.05) is 0 Å². The van der Waals surface area contributed by atoms with E-state index in [4.69, 9.17) is 0 Å².